The van der Waals surface area contributed by atoms with E-state index >= 15 is 0 Å². The Bertz CT molecular complexity index is 459. The Kier molecular flexibility index (Phi) is 3.57. The molecule has 0 atom stereocenters. The molecule has 3 nitrogen and oxygen atoms in total. The number of aryl methyl sites for hydroxylation is 1. The number of unbranched alkanes of at least 4 members (excludes halogenated alkanes) is 1. The maximum atomic E-state index is 4.53. The Balaban J connectivity index is 2.13. The zero-order valence-electron chi connectivity index (χ0n) is 10.0. The van der Waals surface area contributed by atoms with Gasteiger partial charge in [0.2, 0.25) is 0 Å². The summed E-state index contributed by atoms with van der Waals surface area (Å²) < 4.78 is 2.16. The second-order valence-corrected chi connectivity index (χ2v) is 4.10. The van der Waals surface area contributed by atoms with Crippen LogP contribution in [0.5, 0.6) is 0 Å². The van der Waals surface area contributed by atoms with E-state index in [2.05, 4.69) is 34.7 Å². The van der Waals surface area contributed by atoms with Gasteiger partial charge in [-0.2, -0.15) is 0 Å². The molecule has 2 aromatic heterocycles. The molecule has 0 aromatic carbocycles. The predicted octanol–water partition coefficient (Wildman–Crippen LogP) is 2.53. The van der Waals surface area contributed by atoms with Crippen molar-refractivity contribution in [1.29, 1.82) is 0 Å². The summed E-state index contributed by atoms with van der Waals surface area (Å²) in [6.45, 7) is 6.26. The molecule has 0 aliphatic carbocycles. The van der Waals surface area contributed by atoms with Gasteiger partial charge in [0.25, 0.3) is 0 Å². The minimum Gasteiger partial charge on any atom is -0.311 e. The molecule has 0 radical (unpaired) electrons. The Labute approximate surface area is 96.5 Å². The van der Waals surface area contributed by atoms with Gasteiger partial charge in [-0.05, 0) is 32.0 Å². The van der Waals surface area contributed by atoms with Gasteiger partial charge in [-0.1, -0.05) is 19.4 Å². The number of imidazole rings is 1. The van der Waals surface area contributed by atoms with Gasteiger partial charge in [-0.15, -0.1) is 0 Å². The molecule has 0 aliphatic heterocycles. The number of aromatic nitrogens is 2. The van der Waals surface area contributed by atoms with Crippen LogP contribution >= 0.6 is 0 Å². The molecule has 0 saturated heterocycles. The fraction of sp³-hybridized carbons (Fsp3) is 0.462. The zero-order chi connectivity index (χ0) is 11.4. The van der Waals surface area contributed by atoms with E-state index in [4.69, 9.17) is 0 Å². The van der Waals surface area contributed by atoms with E-state index in [-0.39, 0.29) is 0 Å². The van der Waals surface area contributed by atoms with E-state index < -0.39 is 0 Å². The number of pyridine rings is 1. The summed E-state index contributed by atoms with van der Waals surface area (Å²) in [6.07, 6.45) is 4.54. The first-order valence-corrected chi connectivity index (χ1v) is 5.96. The van der Waals surface area contributed by atoms with Crippen LogP contribution in [0.4, 0.5) is 0 Å². The van der Waals surface area contributed by atoms with Crippen molar-refractivity contribution in [2.24, 2.45) is 0 Å². The van der Waals surface area contributed by atoms with Crippen molar-refractivity contribution in [3.63, 3.8) is 0 Å². The highest BCUT2D eigenvalue weighted by atomic mass is 15.0. The maximum Gasteiger partial charge on any atom is 0.137 e. The molecule has 0 spiro atoms. The molecule has 1 N–H and O–H groups in total. The van der Waals surface area contributed by atoms with Gasteiger partial charge in [-0.25, -0.2) is 4.98 Å². The number of rotatable bonds is 5. The highest BCUT2D eigenvalue weighted by Gasteiger charge is 2.06. The third kappa shape index (κ3) is 2.25. The Morgan fingerprint density at radius 3 is 3.06 bits per heavy atom. The minimum absolute atomic E-state index is 0.900. The largest absolute Gasteiger partial charge is 0.311 e. The van der Waals surface area contributed by atoms with Crippen LogP contribution in [0, 0.1) is 6.92 Å². The smallest absolute Gasteiger partial charge is 0.137 e. The quantitative estimate of drug-likeness (QED) is 0.780. The van der Waals surface area contributed by atoms with Crippen LogP contribution in [0.2, 0.25) is 0 Å². The molecule has 0 saturated carbocycles. The standard InChI is InChI=1S/C13H19N3/c1-3-4-8-14-10-12-11(2)15-13-7-5-6-9-16(12)13/h5-7,9,14H,3-4,8,10H2,1-2H3. The number of fused-ring (bicyclic) bond motifs is 1. The summed E-state index contributed by atoms with van der Waals surface area (Å²) in [7, 11) is 0. The summed E-state index contributed by atoms with van der Waals surface area (Å²) >= 11 is 0. The highest BCUT2D eigenvalue weighted by Crippen LogP contribution is 2.11. The SMILES string of the molecule is CCCCNCc1c(C)nc2ccccn12. The number of nitrogens with zero attached hydrogens (tertiary/aromatic N) is 2. The van der Waals surface area contributed by atoms with E-state index in [0.29, 0.717) is 0 Å². The van der Waals surface area contributed by atoms with E-state index in [1.54, 1.807) is 0 Å². The van der Waals surface area contributed by atoms with E-state index in [0.717, 1.165) is 24.4 Å². The van der Waals surface area contributed by atoms with Gasteiger partial charge >= 0.3 is 0 Å². The van der Waals surface area contributed by atoms with Crippen LogP contribution < -0.4 is 5.32 Å². The van der Waals surface area contributed by atoms with Gasteiger partial charge in [0.1, 0.15) is 5.65 Å². The van der Waals surface area contributed by atoms with Gasteiger partial charge < -0.3 is 9.72 Å². The lowest BCUT2D eigenvalue weighted by Crippen LogP contribution is -2.16. The van der Waals surface area contributed by atoms with Gasteiger partial charge in [0.05, 0.1) is 11.4 Å². The molecule has 3 heteroatoms. The fourth-order valence-electron chi connectivity index (χ4n) is 1.89. The van der Waals surface area contributed by atoms with Crippen molar-refractivity contribution in [2.45, 2.75) is 33.2 Å². The van der Waals surface area contributed by atoms with Crippen molar-refractivity contribution < 1.29 is 0 Å². The lowest BCUT2D eigenvalue weighted by Gasteiger charge is -2.04. The Hall–Kier alpha value is -1.35. The van der Waals surface area contributed by atoms with Crippen LogP contribution in [0.3, 0.4) is 0 Å². The lowest BCUT2D eigenvalue weighted by molar-refractivity contribution is 0.629. The molecule has 86 valence electrons. The van der Waals surface area contributed by atoms with E-state index in [1.807, 2.05) is 18.2 Å². The van der Waals surface area contributed by atoms with Crippen molar-refractivity contribution in [3.05, 3.63) is 35.8 Å². The molecule has 2 aromatic rings. The number of hydrogen-bond acceptors (Lipinski definition) is 2. The van der Waals surface area contributed by atoms with Crippen molar-refractivity contribution in [3.8, 4) is 0 Å². The summed E-state index contributed by atoms with van der Waals surface area (Å²) in [5.74, 6) is 0. The van der Waals surface area contributed by atoms with E-state index in [1.165, 1.54) is 18.5 Å². The highest BCUT2D eigenvalue weighted by molar-refractivity contribution is 5.42. The number of nitrogens with one attached hydrogen (secondary N) is 1. The van der Waals surface area contributed by atoms with Crippen LogP contribution in [0.15, 0.2) is 24.4 Å². The molecular weight excluding hydrogens is 198 g/mol. The second-order valence-electron chi connectivity index (χ2n) is 4.10. The first-order chi connectivity index (χ1) is 7.83. The number of hydrogen-bond donors (Lipinski definition) is 1. The summed E-state index contributed by atoms with van der Waals surface area (Å²) in [4.78, 5) is 4.53. The molecular formula is C13H19N3. The first kappa shape index (κ1) is 11.1. The third-order valence-electron chi connectivity index (χ3n) is 2.83. The summed E-state index contributed by atoms with van der Waals surface area (Å²) in [5, 5.41) is 3.46. The average molecular weight is 217 g/mol. The fourth-order valence-corrected chi connectivity index (χ4v) is 1.89. The monoisotopic (exact) mass is 217 g/mol. The third-order valence-corrected chi connectivity index (χ3v) is 2.83. The van der Waals surface area contributed by atoms with Crippen molar-refractivity contribution >= 4 is 5.65 Å². The second kappa shape index (κ2) is 5.12. The molecule has 0 amide bonds. The Morgan fingerprint density at radius 1 is 1.38 bits per heavy atom. The van der Waals surface area contributed by atoms with Crippen LogP contribution in [0.1, 0.15) is 31.2 Å². The van der Waals surface area contributed by atoms with Gasteiger partial charge in [-0.3, -0.25) is 0 Å². The Morgan fingerprint density at radius 2 is 2.25 bits per heavy atom. The molecule has 0 aliphatic rings. The lowest BCUT2D eigenvalue weighted by atomic mass is 10.3. The van der Waals surface area contributed by atoms with Crippen LogP contribution in [-0.4, -0.2) is 15.9 Å². The molecule has 0 bridgehead atoms. The average Bonchev–Trinajstić information content (AvgIpc) is 2.61. The summed E-state index contributed by atoms with van der Waals surface area (Å²) in [6, 6.07) is 6.11. The normalized spacial score (nSPS) is 11.1. The van der Waals surface area contributed by atoms with E-state index in [9.17, 15) is 0 Å². The predicted molar refractivity (Wildman–Crippen MR) is 66.5 cm³/mol. The molecule has 2 heterocycles. The summed E-state index contributed by atoms with van der Waals surface area (Å²) in [5.41, 5.74) is 3.43. The van der Waals surface area contributed by atoms with Crippen LogP contribution in [0.25, 0.3) is 5.65 Å². The molecule has 0 fully saturated rings. The van der Waals surface area contributed by atoms with Gasteiger partial charge in [0.15, 0.2) is 0 Å². The van der Waals surface area contributed by atoms with Gasteiger partial charge in [0, 0.05) is 12.7 Å². The minimum atomic E-state index is 0.900. The first-order valence-electron chi connectivity index (χ1n) is 5.96. The topological polar surface area (TPSA) is 29.3 Å². The molecule has 0 unspecified atom stereocenters. The zero-order valence-corrected chi connectivity index (χ0v) is 10.0. The van der Waals surface area contributed by atoms with Crippen molar-refractivity contribution in [2.75, 3.05) is 6.54 Å². The van der Waals surface area contributed by atoms with Crippen molar-refractivity contribution in [1.82, 2.24) is 14.7 Å². The molecule has 2 rings (SSSR count). The maximum absolute atomic E-state index is 4.53. The molecule has 16 heavy (non-hydrogen) atoms. The van der Waals surface area contributed by atoms with Crippen LogP contribution in [-0.2, 0) is 6.54 Å².